The van der Waals surface area contributed by atoms with Crippen LogP contribution in [0.5, 0.6) is 0 Å². The van der Waals surface area contributed by atoms with E-state index in [9.17, 15) is 0 Å². The standard InChI is InChI=1S/C14H19N5/c1-3-11-6-4-5-7-12(11)9-16-13-8-10(2)17-14(18-13)19-15/h4-8H,3,9,15H2,1-2H3,(H2,16,17,18,19). The Hall–Kier alpha value is -2.14. The van der Waals surface area contributed by atoms with Gasteiger partial charge in [-0.2, -0.15) is 4.98 Å². The van der Waals surface area contributed by atoms with Crippen LogP contribution in [0.25, 0.3) is 0 Å². The van der Waals surface area contributed by atoms with Crippen LogP contribution in [0.3, 0.4) is 0 Å². The SMILES string of the molecule is CCc1ccccc1CNc1cc(C)nc(NN)n1. The highest BCUT2D eigenvalue weighted by Crippen LogP contribution is 2.13. The van der Waals surface area contributed by atoms with Crippen LogP contribution in [0.1, 0.15) is 23.7 Å². The third kappa shape index (κ3) is 3.42. The van der Waals surface area contributed by atoms with Crippen LogP contribution in [0.4, 0.5) is 11.8 Å². The Labute approximate surface area is 113 Å². The minimum absolute atomic E-state index is 0.422. The van der Waals surface area contributed by atoms with Gasteiger partial charge in [-0.1, -0.05) is 31.2 Å². The van der Waals surface area contributed by atoms with Gasteiger partial charge in [0.1, 0.15) is 5.82 Å². The van der Waals surface area contributed by atoms with Gasteiger partial charge in [0.25, 0.3) is 0 Å². The quantitative estimate of drug-likeness (QED) is 0.566. The molecule has 0 aliphatic rings. The monoisotopic (exact) mass is 257 g/mol. The average molecular weight is 257 g/mol. The van der Waals surface area contributed by atoms with Gasteiger partial charge in [-0.05, 0) is 24.5 Å². The Kier molecular flexibility index (Phi) is 4.30. The number of anilines is 2. The average Bonchev–Trinajstić information content (AvgIpc) is 2.44. The molecule has 1 heterocycles. The molecule has 0 amide bonds. The Balaban J connectivity index is 2.12. The molecule has 4 N–H and O–H groups in total. The van der Waals surface area contributed by atoms with Crippen LogP contribution >= 0.6 is 0 Å². The van der Waals surface area contributed by atoms with E-state index in [0.29, 0.717) is 5.95 Å². The number of nitrogen functional groups attached to an aromatic ring is 1. The number of hydrogen-bond acceptors (Lipinski definition) is 5. The van der Waals surface area contributed by atoms with Gasteiger partial charge in [-0.3, -0.25) is 5.43 Å². The van der Waals surface area contributed by atoms with Gasteiger partial charge in [0, 0.05) is 18.3 Å². The zero-order valence-electron chi connectivity index (χ0n) is 11.3. The minimum Gasteiger partial charge on any atom is -0.366 e. The molecule has 0 bridgehead atoms. The van der Waals surface area contributed by atoms with Crippen molar-refractivity contribution in [3.8, 4) is 0 Å². The van der Waals surface area contributed by atoms with Crippen molar-refractivity contribution in [2.24, 2.45) is 5.84 Å². The zero-order chi connectivity index (χ0) is 13.7. The molecule has 0 saturated heterocycles. The molecule has 0 aliphatic heterocycles. The first-order chi connectivity index (χ1) is 9.22. The molecule has 1 aromatic heterocycles. The highest BCUT2D eigenvalue weighted by atomic mass is 15.3. The number of nitrogens with zero attached hydrogens (tertiary/aromatic N) is 2. The van der Waals surface area contributed by atoms with Crippen molar-refractivity contribution in [3.63, 3.8) is 0 Å². The van der Waals surface area contributed by atoms with Crippen LogP contribution in [0.15, 0.2) is 30.3 Å². The van der Waals surface area contributed by atoms with E-state index in [2.05, 4.69) is 45.8 Å². The van der Waals surface area contributed by atoms with Crippen molar-refractivity contribution in [3.05, 3.63) is 47.2 Å². The summed E-state index contributed by atoms with van der Waals surface area (Å²) in [4.78, 5) is 8.42. The molecule has 2 rings (SSSR count). The first-order valence-corrected chi connectivity index (χ1v) is 6.36. The van der Waals surface area contributed by atoms with E-state index in [1.54, 1.807) is 0 Å². The van der Waals surface area contributed by atoms with Gasteiger partial charge in [0.15, 0.2) is 0 Å². The highest BCUT2D eigenvalue weighted by molar-refractivity contribution is 5.43. The van der Waals surface area contributed by atoms with Gasteiger partial charge >= 0.3 is 0 Å². The molecule has 0 saturated carbocycles. The first-order valence-electron chi connectivity index (χ1n) is 6.36. The lowest BCUT2D eigenvalue weighted by Crippen LogP contribution is -2.13. The van der Waals surface area contributed by atoms with Crippen LogP contribution < -0.4 is 16.6 Å². The summed E-state index contributed by atoms with van der Waals surface area (Å²) in [5.74, 6) is 6.53. The zero-order valence-corrected chi connectivity index (χ0v) is 11.3. The normalized spacial score (nSPS) is 10.3. The fourth-order valence-corrected chi connectivity index (χ4v) is 1.98. The summed E-state index contributed by atoms with van der Waals surface area (Å²) >= 11 is 0. The van der Waals surface area contributed by atoms with E-state index in [0.717, 1.165) is 24.5 Å². The van der Waals surface area contributed by atoms with Gasteiger partial charge in [0.05, 0.1) is 0 Å². The van der Waals surface area contributed by atoms with Crippen LogP contribution in [0.2, 0.25) is 0 Å². The number of benzene rings is 1. The van der Waals surface area contributed by atoms with Crippen LogP contribution in [-0.4, -0.2) is 9.97 Å². The second kappa shape index (κ2) is 6.15. The summed E-state index contributed by atoms with van der Waals surface area (Å²) in [5, 5.41) is 3.30. The second-order valence-electron chi connectivity index (χ2n) is 4.34. The number of hydrogen-bond donors (Lipinski definition) is 3. The molecule has 0 fully saturated rings. The van der Waals surface area contributed by atoms with Gasteiger partial charge in [-0.15, -0.1) is 0 Å². The lowest BCUT2D eigenvalue weighted by molar-refractivity contribution is 1.01. The summed E-state index contributed by atoms with van der Waals surface area (Å²) in [6.45, 7) is 4.81. The molecule has 0 radical (unpaired) electrons. The molecule has 19 heavy (non-hydrogen) atoms. The van der Waals surface area contributed by atoms with Crippen LogP contribution in [-0.2, 0) is 13.0 Å². The minimum atomic E-state index is 0.422. The van der Waals surface area contributed by atoms with E-state index in [1.807, 2.05) is 19.1 Å². The first kappa shape index (κ1) is 13.3. The molecule has 0 atom stereocenters. The molecular weight excluding hydrogens is 238 g/mol. The number of hydrazine groups is 1. The predicted octanol–water partition coefficient (Wildman–Crippen LogP) is 2.25. The fourth-order valence-electron chi connectivity index (χ4n) is 1.98. The maximum atomic E-state index is 5.34. The van der Waals surface area contributed by atoms with Gasteiger partial charge in [-0.25, -0.2) is 10.8 Å². The van der Waals surface area contributed by atoms with Crippen molar-refractivity contribution < 1.29 is 0 Å². The number of aromatic nitrogens is 2. The lowest BCUT2D eigenvalue weighted by Gasteiger charge is -2.11. The molecule has 0 spiro atoms. The van der Waals surface area contributed by atoms with Gasteiger partial charge < -0.3 is 5.32 Å². The molecule has 5 nitrogen and oxygen atoms in total. The van der Waals surface area contributed by atoms with Crippen molar-refractivity contribution in [2.45, 2.75) is 26.8 Å². The largest absolute Gasteiger partial charge is 0.366 e. The van der Waals surface area contributed by atoms with Crippen LogP contribution in [0, 0.1) is 6.92 Å². The maximum Gasteiger partial charge on any atom is 0.239 e. The topological polar surface area (TPSA) is 75.9 Å². The maximum absolute atomic E-state index is 5.34. The van der Waals surface area contributed by atoms with Crippen molar-refractivity contribution in [2.75, 3.05) is 10.7 Å². The molecule has 100 valence electrons. The predicted molar refractivity (Wildman–Crippen MR) is 77.7 cm³/mol. The molecule has 0 aliphatic carbocycles. The molecule has 5 heteroatoms. The molecular formula is C14H19N5. The van der Waals surface area contributed by atoms with Crippen molar-refractivity contribution in [1.29, 1.82) is 0 Å². The Morgan fingerprint density at radius 1 is 1.16 bits per heavy atom. The summed E-state index contributed by atoms with van der Waals surface area (Å²) in [7, 11) is 0. The summed E-state index contributed by atoms with van der Waals surface area (Å²) < 4.78 is 0. The number of nitrogens with two attached hydrogens (primary N) is 1. The molecule has 2 aromatic rings. The number of rotatable bonds is 5. The smallest absolute Gasteiger partial charge is 0.239 e. The summed E-state index contributed by atoms with van der Waals surface area (Å²) in [6.07, 6.45) is 1.02. The fraction of sp³-hybridized carbons (Fsp3) is 0.286. The van der Waals surface area contributed by atoms with E-state index in [4.69, 9.17) is 5.84 Å². The van der Waals surface area contributed by atoms with Crippen molar-refractivity contribution >= 4 is 11.8 Å². The third-order valence-corrected chi connectivity index (χ3v) is 2.94. The second-order valence-corrected chi connectivity index (χ2v) is 4.34. The highest BCUT2D eigenvalue weighted by Gasteiger charge is 2.03. The van der Waals surface area contributed by atoms with E-state index >= 15 is 0 Å². The van der Waals surface area contributed by atoms with Crippen molar-refractivity contribution in [1.82, 2.24) is 9.97 Å². The summed E-state index contributed by atoms with van der Waals surface area (Å²) in [6, 6.07) is 10.3. The number of aryl methyl sites for hydroxylation is 2. The van der Waals surface area contributed by atoms with Gasteiger partial charge in [0.2, 0.25) is 5.95 Å². The molecule has 1 aromatic carbocycles. The summed E-state index contributed by atoms with van der Waals surface area (Å²) in [5.41, 5.74) is 5.96. The van der Waals surface area contributed by atoms with E-state index in [-0.39, 0.29) is 0 Å². The Bertz CT molecular complexity index is 553. The van der Waals surface area contributed by atoms with E-state index < -0.39 is 0 Å². The Morgan fingerprint density at radius 2 is 1.89 bits per heavy atom. The number of nitrogens with one attached hydrogen (secondary N) is 2. The Morgan fingerprint density at radius 3 is 2.58 bits per heavy atom. The van der Waals surface area contributed by atoms with E-state index in [1.165, 1.54) is 11.1 Å². The molecule has 0 unspecified atom stereocenters. The third-order valence-electron chi connectivity index (χ3n) is 2.94. The lowest BCUT2D eigenvalue weighted by atomic mass is 10.1.